The Bertz CT molecular complexity index is 367. The van der Waals surface area contributed by atoms with Crippen molar-refractivity contribution in [3.8, 4) is 0 Å². The molecule has 0 fully saturated rings. The monoisotopic (exact) mass is 294 g/mol. The molecule has 0 spiro atoms. The van der Waals surface area contributed by atoms with E-state index in [4.69, 9.17) is 15.3 Å². The van der Waals surface area contributed by atoms with Crippen molar-refractivity contribution in [2.24, 2.45) is 0 Å². The van der Waals surface area contributed by atoms with Crippen LogP contribution in [0.1, 0.15) is 0 Å². The fraction of sp³-hybridized carbons (Fsp3) is 0. The zero-order valence-electron chi connectivity index (χ0n) is 11.4. The lowest BCUT2D eigenvalue weighted by Crippen LogP contribution is -1.82. The van der Waals surface area contributed by atoms with Crippen LogP contribution in [-0.2, 0) is 14.4 Å². The Hall–Kier alpha value is -3.15. The average Bonchev–Trinajstić information content (AvgIpc) is 2.50. The fourth-order valence-corrected chi connectivity index (χ4v) is 0.385. The zero-order chi connectivity index (χ0) is 17.1. The van der Waals surface area contributed by atoms with E-state index in [1.807, 2.05) is 36.4 Å². The van der Waals surface area contributed by atoms with Gasteiger partial charge in [-0.2, -0.15) is 0 Å². The summed E-state index contributed by atoms with van der Waals surface area (Å²) in [5, 5.41) is 22.8. The van der Waals surface area contributed by atoms with Crippen molar-refractivity contribution in [1.82, 2.24) is 0 Å². The van der Waals surface area contributed by atoms with Gasteiger partial charge < -0.3 is 15.3 Å². The molecule has 0 aliphatic heterocycles. The lowest BCUT2D eigenvalue weighted by Gasteiger charge is -1.69. The van der Waals surface area contributed by atoms with Gasteiger partial charge in [0.1, 0.15) is 0 Å². The van der Waals surface area contributed by atoms with Crippen LogP contribution >= 0.6 is 0 Å². The van der Waals surface area contributed by atoms with Crippen LogP contribution in [0.2, 0.25) is 0 Å². The number of benzene rings is 1. The van der Waals surface area contributed by atoms with Crippen molar-refractivity contribution in [2.75, 3.05) is 0 Å². The second-order valence-corrected chi connectivity index (χ2v) is 2.78. The van der Waals surface area contributed by atoms with Gasteiger partial charge in [0.05, 0.1) is 0 Å². The number of carboxylic acids is 3. The predicted molar refractivity (Wildman–Crippen MR) is 79.9 cm³/mol. The lowest BCUT2D eigenvalue weighted by atomic mass is 10.4. The van der Waals surface area contributed by atoms with Gasteiger partial charge in [0.15, 0.2) is 0 Å². The van der Waals surface area contributed by atoms with Gasteiger partial charge in [0, 0.05) is 18.2 Å². The van der Waals surface area contributed by atoms with Gasteiger partial charge in [-0.3, -0.25) is 0 Å². The van der Waals surface area contributed by atoms with Crippen LogP contribution in [0.5, 0.6) is 0 Å². The molecule has 0 bridgehead atoms. The smallest absolute Gasteiger partial charge is 0.327 e. The first-order chi connectivity index (χ1) is 9.81. The molecule has 114 valence electrons. The van der Waals surface area contributed by atoms with Crippen molar-refractivity contribution < 1.29 is 29.7 Å². The van der Waals surface area contributed by atoms with Crippen molar-refractivity contribution in [3.05, 3.63) is 74.4 Å². The molecule has 0 amide bonds. The summed E-state index contributed by atoms with van der Waals surface area (Å²) in [5.74, 6) is -2.94. The van der Waals surface area contributed by atoms with E-state index in [-0.39, 0.29) is 0 Å². The van der Waals surface area contributed by atoms with Gasteiger partial charge in [-0.15, -0.1) is 0 Å². The third-order valence-electron chi connectivity index (χ3n) is 1.19. The SMILES string of the molecule is C=CC(=O)O.C=CC(=O)O.C=CC(=O)O.c1ccccc1. The largest absolute Gasteiger partial charge is 0.478 e. The number of hydrogen-bond acceptors (Lipinski definition) is 3. The maximum Gasteiger partial charge on any atom is 0.327 e. The van der Waals surface area contributed by atoms with Crippen molar-refractivity contribution in [2.45, 2.75) is 0 Å². The van der Waals surface area contributed by atoms with E-state index < -0.39 is 17.9 Å². The third kappa shape index (κ3) is 47.4. The van der Waals surface area contributed by atoms with E-state index in [0.717, 1.165) is 18.2 Å². The Labute approximate surface area is 123 Å². The summed E-state index contributed by atoms with van der Waals surface area (Å²) >= 11 is 0. The fourth-order valence-electron chi connectivity index (χ4n) is 0.385. The molecule has 1 rings (SSSR count). The summed E-state index contributed by atoms with van der Waals surface area (Å²) in [7, 11) is 0. The first-order valence-electron chi connectivity index (χ1n) is 5.37. The van der Waals surface area contributed by atoms with Gasteiger partial charge in [-0.25, -0.2) is 14.4 Å². The molecule has 6 heteroatoms. The lowest BCUT2D eigenvalue weighted by molar-refractivity contribution is -0.132. The van der Waals surface area contributed by atoms with E-state index in [0.29, 0.717) is 0 Å². The second kappa shape index (κ2) is 19.2. The summed E-state index contributed by atoms with van der Waals surface area (Å²) in [6, 6.07) is 12.0. The molecule has 1 aromatic rings. The highest BCUT2D eigenvalue weighted by Gasteiger charge is 1.74. The van der Waals surface area contributed by atoms with Crippen molar-refractivity contribution >= 4 is 17.9 Å². The predicted octanol–water partition coefficient (Wildman–Crippen LogP) is 2.46. The van der Waals surface area contributed by atoms with Gasteiger partial charge in [-0.1, -0.05) is 56.1 Å². The average molecular weight is 294 g/mol. The molecule has 0 heterocycles. The molecular formula is C15H18O6. The molecule has 21 heavy (non-hydrogen) atoms. The summed E-state index contributed by atoms with van der Waals surface area (Å²) < 4.78 is 0. The highest BCUT2D eigenvalue weighted by atomic mass is 16.4. The summed E-state index contributed by atoms with van der Waals surface area (Å²) in [5.41, 5.74) is 0. The number of rotatable bonds is 3. The van der Waals surface area contributed by atoms with Gasteiger partial charge in [0.2, 0.25) is 0 Å². The maximum absolute atomic E-state index is 9.25. The number of hydrogen-bond donors (Lipinski definition) is 3. The molecule has 0 atom stereocenters. The third-order valence-corrected chi connectivity index (χ3v) is 1.19. The normalized spacial score (nSPS) is 6.86. The molecule has 0 saturated heterocycles. The zero-order valence-corrected chi connectivity index (χ0v) is 11.4. The van der Waals surface area contributed by atoms with E-state index in [9.17, 15) is 14.4 Å². The van der Waals surface area contributed by atoms with Gasteiger partial charge in [-0.05, 0) is 0 Å². The number of carbonyl (C=O) groups is 3. The van der Waals surface area contributed by atoms with E-state index in [1.54, 1.807) is 0 Å². The highest BCUT2D eigenvalue weighted by molar-refractivity contribution is 5.79. The molecule has 6 nitrogen and oxygen atoms in total. The van der Waals surface area contributed by atoms with Crippen LogP contribution in [0, 0.1) is 0 Å². The minimum atomic E-state index is -0.981. The molecule has 0 aromatic heterocycles. The van der Waals surface area contributed by atoms with Crippen LogP contribution < -0.4 is 0 Å². The molecule has 0 aliphatic rings. The standard InChI is InChI=1S/C6H6.3C3H4O2/c1-2-4-6-5-3-1;3*1-2-3(4)5/h1-6H;3*2H,1H2,(H,4,5). The topological polar surface area (TPSA) is 112 Å². The molecule has 0 unspecified atom stereocenters. The number of aliphatic carboxylic acids is 3. The van der Waals surface area contributed by atoms with E-state index in [2.05, 4.69) is 19.7 Å². The van der Waals surface area contributed by atoms with Crippen LogP contribution in [0.25, 0.3) is 0 Å². The molecule has 1 aromatic carbocycles. The number of carboxylic acid groups (broad SMARTS) is 3. The van der Waals surface area contributed by atoms with Crippen molar-refractivity contribution in [3.63, 3.8) is 0 Å². The van der Waals surface area contributed by atoms with E-state index >= 15 is 0 Å². The van der Waals surface area contributed by atoms with Crippen molar-refractivity contribution in [1.29, 1.82) is 0 Å². The van der Waals surface area contributed by atoms with Crippen LogP contribution in [-0.4, -0.2) is 33.2 Å². The molecular weight excluding hydrogens is 276 g/mol. The minimum absolute atomic E-state index is 0.833. The summed E-state index contributed by atoms with van der Waals surface area (Å²) in [6.07, 6.45) is 2.50. The highest BCUT2D eigenvalue weighted by Crippen LogP contribution is 1.79. The van der Waals surface area contributed by atoms with Crippen LogP contribution in [0.3, 0.4) is 0 Å². The quantitative estimate of drug-likeness (QED) is 0.738. The molecule has 0 aliphatic carbocycles. The molecule has 0 saturated carbocycles. The molecule has 3 N–H and O–H groups in total. The summed E-state index contributed by atoms with van der Waals surface area (Å²) in [6.45, 7) is 8.88. The summed E-state index contributed by atoms with van der Waals surface area (Å²) in [4.78, 5) is 27.8. The Kier molecular flexibility index (Phi) is 21.0. The maximum atomic E-state index is 9.25. The molecule has 0 radical (unpaired) electrons. The second-order valence-electron chi connectivity index (χ2n) is 2.78. The Balaban J connectivity index is -0.000000207. The van der Waals surface area contributed by atoms with Gasteiger partial charge in [0.25, 0.3) is 0 Å². The van der Waals surface area contributed by atoms with Crippen LogP contribution in [0.4, 0.5) is 0 Å². The van der Waals surface area contributed by atoms with Gasteiger partial charge >= 0.3 is 17.9 Å². The van der Waals surface area contributed by atoms with Crippen LogP contribution in [0.15, 0.2) is 74.4 Å². The van der Waals surface area contributed by atoms with E-state index in [1.165, 1.54) is 0 Å². The first kappa shape index (κ1) is 23.0. The minimum Gasteiger partial charge on any atom is -0.478 e. The Morgan fingerprint density at radius 1 is 0.571 bits per heavy atom. The Morgan fingerprint density at radius 3 is 0.714 bits per heavy atom. The Morgan fingerprint density at radius 2 is 0.667 bits per heavy atom. The first-order valence-corrected chi connectivity index (χ1v) is 5.37.